The Kier molecular flexibility index (Phi) is 7.06. The van der Waals surface area contributed by atoms with Crippen molar-refractivity contribution in [1.82, 2.24) is 9.97 Å². The van der Waals surface area contributed by atoms with E-state index in [0.717, 1.165) is 23.1 Å². The van der Waals surface area contributed by atoms with Gasteiger partial charge in [-0.15, -0.1) is 11.3 Å². The van der Waals surface area contributed by atoms with Crippen LogP contribution in [0.25, 0.3) is 20.8 Å². The number of benzene rings is 2. The molecule has 0 spiro atoms. The Morgan fingerprint density at radius 2 is 1.77 bits per heavy atom. The summed E-state index contributed by atoms with van der Waals surface area (Å²) in [7, 11) is 0. The maximum Gasteiger partial charge on any atom is 0.241 e. The van der Waals surface area contributed by atoms with Crippen LogP contribution in [0.3, 0.4) is 0 Å². The van der Waals surface area contributed by atoms with E-state index in [1.54, 1.807) is 18.2 Å². The summed E-state index contributed by atoms with van der Waals surface area (Å²) in [5.74, 6) is -4.39. The Balaban J connectivity index is 1.40. The fourth-order valence-electron chi connectivity index (χ4n) is 3.83. The number of carbonyl (C=O) groups excluding carboxylic acids is 3. The number of amides is 2. The molecule has 2 amide bonds. The number of carbonyl (C=O) groups is 3. The van der Waals surface area contributed by atoms with Crippen molar-refractivity contribution in [3.63, 3.8) is 0 Å². The third-order valence-electron chi connectivity index (χ3n) is 5.72. The summed E-state index contributed by atoms with van der Waals surface area (Å²) in [6, 6.07) is 15.4. The number of primary amides is 1. The van der Waals surface area contributed by atoms with Crippen LogP contribution in [0.2, 0.25) is 0 Å². The number of aldehydes is 1. The van der Waals surface area contributed by atoms with Crippen LogP contribution in [-0.4, -0.2) is 28.1 Å². The lowest BCUT2D eigenvalue weighted by Gasteiger charge is -2.15. The van der Waals surface area contributed by atoms with E-state index in [2.05, 4.69) is 15.3 Å². The van der Waals surface area contributed by atoms with Gasteiger partial charge in [-0.2, -0.15) is 0 Å². The van der Waals surface area contributed by atoms with Gasteiger partial charge in [0.15, 0.2) is 17.9 Å². The summed E-state index contributed by atoms with van der Waals surface area (Å²) in [5.41, 5.74) is 7.42. The van der Waals surface area contributed by atoms with E-state index in [1.165, 1.54) is 48.0 Å². The minimum atomic E-state index is -1.50. The first-order valence-corrected chi connectivity index (χ1v) is 12.3. The summed E-state index contributed by atoms with van der Waals surface area (Å²) < 4.78 is 34.8. The van der Waals surface area contributed by atoms with Gasteiger partial charge in [0, 0.05) is 29.7 Å². The van der Waals surface area contributed by atoms with Crippen molar-refractivity contribution in [2.45, 2.75) is 5.92 Å². The van der Waals surface area contributed by atoms with Crippen LogP contribution in [0.4, 0.5) is 14.5 Å². The molecule has 2 aromatic carbocycles. The van der Waals surface area contributed by atoms with E-state index in [0.29, 0.717) is 33.5 Å². The van der Waals surface area contributed by atoms with Gasteiger partial charge in [0.05, 0.1) is 20.8 Å². The molecule has 11 heteroatoms. The summed E-state index contributed by atoms with van der Waals surface area (Å²) >= 11 is 1.33. The maximum absolute atomic E-state index is 15.1. The summed E-state index contributed by atoms with van der Waals surface area (Å²) in [6.45, 7) is 0. The highest BCUT2D eigenvalue weighted by molar-refractivity contribution is 7.22. The molecular formula is C28H18F2N4O4S. The van der Waals surface area contributed by atoms with Crippen LogP contribution in [-0.2, 0) is 9.59 Å². The maximum atomic E-state index is 15.1. The Morgan fingerprint density at radius 1 is 0.974 bits per heavy atom. The molecule has 39 heavy (non-hydrogen) atoms. The van der Waals surface area contributed by atoms with Crippen molar-refractivity contribution in [3.8, 4) is 22.1 Å². The molecule has 1 atom stereocenters. The van der Waals surface area contributed by atoms with Crippen LogP contribution < -0.4 is 15.8 Å². The summed E-state index contributed by atoms with van der Waals surface area (Å²) in [6.07, 6.45) is 3.69. The Hall–Kier alpha value is -5.03. The first-order valence-electron chi connectivity index (χ1n) is 11.5. The molecule has 3 aromatic heterocycles. The lowest BCUT2D eigenvalue weighted by Crippen LogP contribution is -2.32. The van der Waals surface area contributed by atoms with Crippen molar-refractivity contribution < 1.29 is 27.9 Å². The second-order valence-corrected chi connectivity index (χ2v) is 9.40. The SMILES string of the molecule is NC(=O)C(C(=O)Nc1ccc(F)cc1)c1ccc(Oc2ccnc3cc(-c4ccc(C=O)cn4)sc23)c(F)c1. The Bertz CT molecular complexity index is 1710. The zero-order valence-corrected chi connectivity index (χ0v) is 20.7. The van der Waals surface area contributed by atoms with Crippen molar-refractivity contribution in [2.75, 3.05) is 5.32 Å². The Morgan fingerprint density at radius 3 is 2.44 bits per heavy atom. The molecule has 3 heterocycles. The molecule has 0 saturated carbocycles. The van der Waals surface area contributed by atoms with Gasteiger partial charge >= 0.3 is 0 Å². The van der Waals surface area contributed by atoms with E-state index in [1.807, 2.05) is 6.07 Å². The highest BCUT2D eigenvalue weighted by Gasteiger charge is 2.28. The van der Waals surface area contributed by atoms with Gasteiger partial charge < -0.3 is 15.8 Å². The number of nitrogens with two attached hydrogens (primary N) is 1. The Labute approximate surface area is 224 Å². The number of pyridine rings is 2. The molecule has 0 saturated heterocycles. The number of aromatic nitrogens is 2. The third kappa shape index (κ3) is 5.48. The number of hydrogen-bond acceptors (Lipinski definition) is 7. The molecule has 0 aliphatic heterocycles. The number of hydrogen-bond donors (Lipinski definition) is 2. The van der Waals surface area contributed by atoms with Crippen molar-refractivity contribution in [1.29, 1.82) is 0 Å². The largest absolute Gasteiger partial charge is 0.453 e. The van der Waals surface area contributed by atoms with E-state index >= 15 is 4.39 Å². The number of thiophene rings is 1. The molecule has 8 nitrogen and oxygen atoms in total. The molecular weight excluding hydrogens is 526 g/mol. The van der Waals surface area contributed by atoms with E-state index in [4.69, 9.17) is 10.5 Å². The van der Waals surface area contributed by atoms with Gasteiger partial charge in [0.1, 0.15) is 17.5 Å². The monoisotopic (exact) mass is 544 g/mol. The van der Waals surface area contributed by atoms with E-state index in [-0.39, 0.29) is 17.0 Å². The van der Waals surface area contributed by atoms with Gasteiger partial charge in [-0.25, -0.2) is 8.78 Å². The van der Waals surface area contributed by atoms with Gasteiger partial charge in [0.25, 0.3) is 0 Å². The van der Waals surface area contributed by atoms with Crippen LogP contribution in [0.15, 0.2) is 79.1 Å². The lowest BCUT2D eigenvalue weighted by atomic mass is 9.97. The summed E-state index contributed by atoms with van der Waals surface area (Å²) in [4.78, 5) is 45.1. The zero-order chi connectivity index (χ0) is 27.5. The number of fused-ring (bicyclic) bond motifs is 1. The standard InChI is InChI=1S/C28H18F2N4O4S/c29-17-3-5-18(6-4-17)34-28(37)25(27(31)36)16-2-8-22(19(30)11-16)38-23-9-10-32-21-12-24(39-26(21)23)20-7-1-15(14-35)13-33-20/h1-14,25H,(H2,31,36)(H,34,37). The smallest absolute Gasteiger partial charge is 0.241 e. The van der Waals surface area contributed by atoms with Crippen LogP contribution in [0, 0.1) is 11.6 Å². The third-order valence-corrected chi connectivity index (χ3v) is 6.88. The molecule has 3 N–H and O–H groups in total. The molecule has 5 aromatic rings. The minimum Gasteiger partial charge on any atom is -0.453 e. The number of halogens is 2. The molecule has 0 fully saturated rings. The van der Waals surface area contributed by atoms with Crippen LogP contribution >= 0.6 is 11.3 Å². The minimum absolute atomic E-state index is 0.0232. The summed E-state index contributed by atoms with van der Waals surface area (Å²) in [5, 5.41) is 2.48. The number of anilines is 1. The van der Waals surface area contributed by atoms with Gasteiger partial charge in [0.2, 0.25) is 11.8 Å². The van der Waals surface area contributed by atoms with E-state index in [9.17, 15) is 18.8 Å². The highest BCUT2D eigenvalue weighted by Crippen LogP contribution is 2.39. The van der Waals surface area contributed by atoms with Gasteiger partial charge in [-0.1, -0.05) is 6.07 Å². The van der Waals surface area contributed by atoms with Gasteiger partial charge in [-0.3, -0.25) is 24.4 Å². The van der Waals surface area contributed by atoms with Crippen molar-refractivity contribution in [2.24, 2.45) is 5.73 Å². The first-order chi connectivity index (χ1) is 18.8. The molecule has 5 rings (SSSR count). The number of nitrogens with one attached hydrogen (secondary N) is 1. The fraction of sp³-hybridized carbons (Fsp3) is 0.0357. The first kappa shape index (κ1) is 25.6. The fourth-order valence-corrected chi connectivity index (χ4v) is 4.87. The second-order valence-electron chi connectivity index (χ2n) is 8.35. The predicted octanol–water partition coefficient (Wildman–Crippen LogP) is 5.45. The van der Waals surface area contributed by atoms with Gasteiger partial charge in [-0.05, 0) is 60.2 Å². The molecule has 194 valence electrons. The topological polar surface area (TPSA) is 124 Å². The number of ether oxygens (including phenoxy) is 1. The second kappa shape index (κ2) is 10.8. The molecule has 0 radical (unpaired) electrons. The molecule has 1 unspecified atom stereocenters. The van der Waals surface area contributed by atoms with Crippen molar-refractivity contribution in [3.05, 3.63) is 102 Å². The molecule has 0 bridgehead atoms. The van der Waals surface area contributed by atoms with Crippen LogP contribution in [0.5, 0.6) is 11.5 Å². The number of nitrogens with zero attached hydrogens (tertiary/aromatic N) is 2. The lowest BCUT2D eigenvalue weighted by molar-refractivity contribution is -0.127. The average molecular weight is 545 g/mol. The zero-order valence-electron chi connectivity index (χ0n) is 19.9. The normalized spacial score (nSPS) is 11.6. The van der Waals surface area contributed by atoms with E-state index < -0.39 is 29.4 Å². The molecule has 0 aliphatic rings. The predicted molar refractivity (Wildman–Crippen MR) is 142 cm³/mol. The molecule has 0 aliphatic carbocycles. The van der Waals surface area contributed by atoms with Crippen LogP contribution in [0.1, 0.15) is 21.8 Å². The number of rotatable bonds is 8. The van der Waals surface area contributed by atoms with Crippen molar-refractivity contribution >= 4 is 45.3 Å². The highest BCUT2D eigenvalue weighted by atomic mass is 32.1. The quantitative estimate of drug-likeness (QED) is 0.198. The average Bonchev–Trinajstić information content (AvgIpc) is 3.37.